The average Bonchev–Trinajstić information content (AvgIpc) is 2.74. The van der Waals surface area contributed by atoms with E-state index in [0.717, 1.165) is 23.3 Å². The van der Waals surface area contributed by atoms with Gasteiger partial charge >= 0.3 is 0 Å². The zero-order chi connectivity index (χ0) is 10.8. The molecule has 1 unspecified atom stereocenters. The highest BCUT2D eigenvalue weighted by Gasteiger charge is 2.28. The van der Waals surface area contributed by atoms with Crippen LogP contribution in [-0.4, -0.2) is 30.4 Å². The summed E-state index contributed by atoms with van der Waals surface area (Å²) in [7, 11) is 1.85. The van der Waals surface area contributed by atoms with Crippen molar-refractivity contribution >= 4 is 33.2 Å². The summed E-state index contributed by atoms with van der Waals surface area (Å²) in [6, 6.07) is 4.12. The molecule has 0 bridgehead atoms. The van der Waals surface area contributed by atoms with Gasteiger partial charge in [0.15, 0.2) is 0 Å². The standard InChI is InChI=1S/C10H13BrN2OS/c1-13-5-4-8(10(13)14)12-6-7-2-3-9(11)15-7/h2-3,8,12H,4-6H2,1H3. The monoisotopic (exact) mass is 288 g/mol. The minimum Gasteiger partial charge on any atom is -0.344 e. The van der Waals surface area contributed by atoms with E-state index in [1.165, 1.54) is 4.88 Å². The third-order valence-electron chi connectivity index (χ3n) is 2.58. The molecular formula is C10H13BrN2OS. The van der Waals surface area contributed by atoms with E-state index < -0.39 is 0 Å². The third kappa shape index (κ3) is 2.59. The lowest BCUT2D eigenvalue weighted by atomic mass is 10.2. The number of thiophene rings is 1. The number of halogens is 1. The first-order valence-corrected chi connectivity index (χ1v) is 6.50. The lowest BCUT2D eigenvalue weighted by molar-refractivity contribution is -0.128. The van der Waals surface area contributed by atoms with Gasteiger partial charge in [0, 0.05) is 25.0 Å². The van der Waals surface area contributed by atoms with Crippen molar-refractivity contribution in [3.05, 3.63) is 20.8 Å². The molecule has 0 spiro atoms. The van der Waals surface area contributed by atoms with Crippen molar-refractivity contribution < 1.29 is 4.79 Å². The van der Waals surface area contributed by atoms with Crippen LogP contribution in [0.5, 0.6) is 0 Å². The van der Waals surface area contributed by atoms with Crippen LogP contribution in [0.2, 0.25) is 0 Å². The van der Waals surface area contributed by atoms with Crippen molar-refractivity contribution in [2.75, 3.05) is 13.6 Å². The maximum Gasteiger partial charge on any atom is 0.239 e. The summed E-state index contributed by atoms with van der Waals surface area (Å²) >= 11 is 5.13. The second-order valence-electron chi connectivity index (χ2n) is 3.69. The van der Waals surface area contributed by atoms with Gasteiger partial charge in [-0.25, -0.2) is 0 Å². The SMILES string of the molecule is CN1CCC(NCc2ccc(Br)s2)C1=O. The van der Waals surface area contributed by atoms with Gasteiger partial charge in [0.05, 0.1) is 9.83 Å². The van der Waals surface area contributed by atoms with Crippen molar-refractivity contribution in [2.45, 2.75) is 19.0 Å². The van der Waals surface area contributed by atoms with E-state index in [0.29, 0.717) is 0 Å². The molecular weight excluding hydrogens is 276 g/mol. The van der Waals surface area contributed by atoms with E-state index in [2.05, 4.69) is 27.3 Å². The van der Waals surface area contributed by atoms with E-state index in [1.54, 1.807) is 16.2 Å². The number of amides is 1. The fourth-order valence-corrected chi connectivity index (χ4v) is 3.12. The number of hydrogen-bond donors (Lipinski definition) is 1. The van der Waals surface area contributed by atoms with Gasteiger partial charge in [-0.1, -0.05) is 0 Å². The molecule has 3 nitrogen and oxygen atoms in total. The van der Waals surface area contributed by atoms with E-state index in [1.807, 2.05) is 13.1 Å². The molecule has 82 valence electrons. The van der Waals surface area contributed by atoms with Gasteiger partial charge in [0.25, 0.3) is 0 Å². The minimum absolute atomic E-state index is 0.0101. The zero-order valence-electron chi connectivity index (χ0n) is 8.50. The lowest BCUT2D eigenvalue weighted by Gasteiger charge is -2.11. The summed E-state index contributed by atoms with van der Waals surface area (Å²) in [6.07, 6.45) is 0.919. The second-order valence-corrected chi connectivity index (χ2v) is 6.24. The van der Waals surface area contributed by atoms with Gasteiger partial charge in [-0.15, -0.1) is 11.3 Å². The van der Waals surface area contributed by atoms with Crippen molar-refractivity contribution in [1.82, 2.24) is 10.2 Å². The molecule has 1 saturated heterocycles. The number of nitrogens with one attached hydrogen (secondary N) is 1. The number of nitrogens with zero attached hydrogens (tertiary/aromatic N) is 1. The molecule has 1 fully saturated rings. The Labute approximate surface area is 102 Å². The van der Waals surface area contributed by atoms with Crippen LogP contribution in [0.1, 0.15) is 11.3 Å². The van der Waals surface area contributed by atoms with E-state index in [-0.39, 0.29) is 11.9 Å². The summed E-state index contributed by atoms with van der Waals surface area (Å²) < 4.78 is 1.13. The van der Waals surface area contributed by atoms with Crippen LogP contribution in [-0.2, 0) is 11.3 Å². The molecule has 15 heavy (non-hydrogen) atoms. The molecule has 0 aromatic carbocycles. The maximum absolute atomic E-state index is 11.6. The van der Waals surface area contributed by atoms with E-state index in [4.69, 9.17) is 0 Å². The van der Waals surface area contributed by atoms with Crippen molar-refractivity contribution in [3.8, 4) is 0 Å². The first-order valence-electron chi connectivity index (χ1n) is 4.89. The predicted molar refractivity (Wildman–Crippen MR) is 64.9 cm³/mol. The highest BCUT2D eigenvalue weighted by molar-refractivity contribution is 9.11. The first-order chi connectivity index (χ1) is 7.16. The Hall–Kier alpha value is -0.390. The molecule has 2 rings (SSSR count). The van der Waals surface area contributed by atoms with Gasteiger partial charge in [-0.2, -0.15) is 0 Å². The number of likely N-dealkylation sites (tertiary alicyclic amines) is 1. The highest BCUT2D eigenvalue weighted by atomic mass is 79.9. The summed E-state index contributed by atoms with van der Waals surface area (Å²) in [6.45, 7) is 1.64. The molecule has 2 heterocycles. The normalized spacial score (nSPS) is 21.3. The molecule has 0 saturated carbocycles. The summed E-state index contributed by atoms with van der Waals surface area (Å²) in [5.41, 5.74) is 0. The van der Waals surface area contributed by atoms with Gasteiger partial charge in [-0.05, 0) is 34.5 Å². The van der Waals surface area contributed by atoms with Crippen LogP contribution in [0, 0.1) is 0 Å². The Bertz CT molecular complexity index is 366. The molecule has 1 aliphatic rings. The topological polar surface area (TPSA) is 32.3 Å². The summed E-state index contributed by atoms with van der Waals surface area (Å²) in [4.78, 5) is 14.6. The van der Waals surface area contributed by atoms with Crippen molar-refractivity contribution in [3.63, 3.8) is 0 Å². The fraction of sp³-hybridized carbons (Fsp3) is 0.500. The number of carbonyl (C=O) groups excluding carboxylic acids is 1. The Kier molecular flexibility index (Phi) is 3.43. The molecule has 1 aromatic heterocycles. The van der Waals surface area contributed by atoms with Crippen LogP contribution in [0.25, 0.3) is 0 Å². The Morgan fingerprint density at radius 1 is 1.67 bits per heavy atom. The molecule has 1 amide bonds. The van der Waals surface area contributed by atoms with Gasteiger partial charge < -0.3 is 10.2 Å². The molecule has 1 N–H and O–H groups in total. The van der Waals surface area contributed by atoms with E-state index >= 15 is 0 Å². The quantitative estimate of drug-likeness (QED) is 0.920. The van der Waals surface area contributed by atoms with E-state index in [9.17, 15) is 4.79 Å². The Morgan fingerprint density at radius 2 is 2.47 bits per heavy atom. The summed E-state index contributed by atoms with van der Waals surface area (Å²) in [5, 5.41) is 3.29. The average molecular weight is 289 g/mol. The Morgan fingerprint density at radius 3 is 3.00 bits per heavy atom. The largest absolute Gasteiger partial charge is 0.344 e. The maximum atomic E-state index is 11.6. The zero-order valence-corrected chi connectivity index (χ0v) is 10.9. The van der Waals surface area contributed by atoms with Crippen LogP contribution in [0.4, 0.5) is 0 Å². The Balaban J connectivity index is 1.86. The van der Waals surface area contributed by atoms with Crippen molar-refractivity contribution in [1.29, 1.82) is 0 Å². The molecule has 0 aliphatic carbocycles. The second kappa shape index (κ2) is 4.63. The number of hydrogen-bond acceptors (Lipinski definition) is 3. The van der Waals surface area contributed by atoms with Crippen LogP contribution >= 0.6 is 27.3 Å². The molecule has 1 atom stereocenters. The van der Waals surface area contributed by atoms with Crippen LogP contribution in [0.3, 0.4) is 0 Å². The number of rotatable bonds is 3. The van der Waals surface area contributed by atoms with Crippen LogP contribution < -0.4 is 5.32 Å². The molecule has 1 aliphatic heterocycles. The van der Waals surface area contributed by atoms with Crippen LogP contribution in [0.15, 0.2) is 15.9 Å². The van der Waals surface area contributed by atoms with Gasteiger partial charge in [0.2, 0.25) is 5.91 Å². The minimum atomic E-state index is 0.0101. The first kappa shape index (κ1) is 11.1. The smallest absolute Gasteiger partial charge is 0.239 e. The number of likely N-dealkylation sites (N-methyl/N-ethyl adjacent to an activating group) is 1. The molecule has 1 aromatic rings. The van der Waals surface area contributed by atoms with Crippen molar-refractivity contribution in [2.24, 2.45) is 0 Å². The highest BCUT2D eigenvalue weighted by Crippen LogP contribution is 2.22. The number of carbonyl (C=O) groups is 1. The third-order valence-corrected chi connectivity index (χ3v) is 4.20. The summed E-state index contributed by atoms with van der Waals surface area (Å²) in [5.74, 6) is 0.214. The van der Waals surface area contributed by atoms with Gasteiger partial charge in [0.1, 0.15) is 0 Å². The lowest BCUT2D eigenvalue weighted by Crippen LogP contribution is -2.36. The molecule has 5 heteroatoms. The molecule has 0 radical (unpaired) electrons. The van der Waals surface area contributed by atoms with Gasteiger partial charge in [-0.3, -0.25) is 4.79 Å². The predicted octanol–water partition coefficient (Wildman–Crippen LogP) is 1.83. The fourth-order valence-electron chi connectivity index (χ4n) is 1.68.